The molecule has 2 rings (SSSR count). The number of carbonyl (C=O) groups is 1. The molecular weight excluding hydrogens is 347 g/mol. The van der Waals surface area contributed by atoms with Gasteiger partial charge in [-0.25, -0.2) is 8.42 Å². The van der Waals surface area contributed by atoms with Crippen LogP contribution in [0.15, 0.2) is 24.3 Å². The summed E-state index contributed by atoms with van der Waals surface area (Å²) in [6.45, 7) is -1.23. The maximum absolute atomic E-state index is 12.0. The molecule has 1 aliphatic rings. The number of halogens is 3. The lowest BCUT2D eigenvalue weighted by Gasteiger charge is -2.10. The van der Waals surface area contributed by atoms with E-state index >= 15 is 0 Å². The maximum atomic E-state index is 12.0. The van der Waals surface area contributed by atoms with Gasteiger partial charge in [0.2, 0.25) is 0 Å². The van der Waals surface area contributed by atoms with Crippen LogP contribution in [0.2, 0.25) is 0 Å². The van der Waals surface area contributed by atoms with Gasteiger partial charge >= 0.3 is 6.18 Å². The topological polar surface area (TPSA) is 72.5 Å². The van der Waals surface area contributed by atoms with Crippen molar-refractivity contribution in [1.82, 2.24) is 5.32 Å². The highest BCUT2D eigenvalue weighted by molar-refractivity contribution is 7.91. The van der Waals surface area contributed by atoms with Crippen molar-refractivity contribution in [1.29, 1.82) is 0 Å². The smallest absolute Gasteiger partial charge is 0.367 e. The van der Waals surface area contributed by atoms with Gasteiger partial charge in [-0.1, -0.05) is 12.1 Å². The van der Waals surface area contributed by atoms with Gasteiger partial charge in [0.1, 0.15) is 6.61 Å². The summed E-state index contributed by atoms with van der Waals surface area (Å²) >= 11 is 0. The fraction of sp³-hybridized carbons (Fsp3) is 0.533. The molecule has 0 aromatic heterocycles. The zero-order valence-corrected chi connectivity index (χ0v) is 13.6. The van der Waals surface area contributed by atoms with Crippen molar-refractivity contribution in [3.05, 3.63) is 35.4 Å². The molecule has 0 spiro atoms. The molecule has 0 radical (unpaired) electrons. The van der Waals surface area contributed by atoms with Gasteiger partial charge in [0.25, 0.3) is 5.91 Å². The number of benzene rings is 1. The Labute approximate surface area is 138 Å². The van der Waals surface area contributed by atoms with Crippen LogP contribution in [0.25, 0.3) is 0 Å². The van der Waals surface area contributed by atoms with E-state index in [0.29, 0.717) is 17.5 Å². The maximum Gasteiger partial charge on any atom is 0.411 e. The standard InChI is InChI=1S/C15H18F3NO4S/c16-15(17,18)10-23-8-11-1-3-13(4-2-11)14(20)19-7-12-5-6-24(21,22)9-12/h1-4,12H,5-10H2,(H,19,20)/t12-/m0/s1. The summed E-state index contributed by atoms with van der Waals surface area (Å²) in [7, 11) is -2.98. The molecule has 1 aromatic carbocycles. The lowest BCUT2D eigenvalue weighted by molar-refractivity contribution is -0.176. The Balaban J connectivity index is 1.79. The zero-order valence-electron chi connectivity index (χ0n) is 12.8. The predicted molar refractivity (Wildman–Crippen MR) is 81.2 cm³/mol. The van der Waals surface area contributed by atoms with E-state index in [1.807, 2.05) is 0 Å². The number of hydrogen-bond acceptors (Lipinski definition) is 4. The van der Waals surface area contributed by atoms with Crippen LogP contribution in [0, 0.1) is 5.92 Å². The first kappa shape index (κ1) is 18.7. The highest BCUT2D eigenvalue weighted by atomic mass is 32.2. The Hall–Kier alpha value is -1.61. The predicted octanol–water partition coefficient (Wildman–Crippen LogP) is 1.93. The lowest BCUT2D eigenvalue weighted by Crippen LogP contribution is -2.29. The van der Waals surface area contributed by atoms with Crippen LogP contribution < -0.4 is 5.32 Å². The second-order valence-corrected chi connectivity index (χ2v) is 8.01. The van der Waals surface area contributed by atoms with Crippen LogP contribution in [0.1, 0.15) is 22.3 Å². The van der Waals surface area contributed by atoms with Crippen LogP contribution in [0.4, 0.5) is 13.2 Å². The molecule has 9 heteroatoms. The molecule has 1 amide bonds. The van der Waals surface area contributed by atoms with Crippen LogP contribution in [-0.2, 0) is 21.2 Å². The number of rotatable bonds is 6. The van der Waals surface area contributed by atoms with E-state index in [0.717, 1.165) is 0 Å². The average Bonchev–Trinajstić information content (AvgIpc) is 2.83. The number of sulfone groups is 1. The van der Waals surface area contributed by atoms with Crippen molar-refractivity contribution < 1.29 is 31.1 Å². The minimum atomic E-state index is -4.37. The summed E-state index contributed by atoms with van der Waals surface area (Å²) in [5.74, 6) is -0.181. The molecule has 1 saturated heterocycles. The fourth-order valence-corrected chi connectivity index (χ4v) is 4.27. The number of carbonyl (C=O) groups excluding carboxylic acids is 1. The van der Waals surface area contributed by atoms with E-state index in [1.54, 1.807) is 0 Å². The van der Waals surface area contributed by atoms with Gasteiger partial charge in [-0.05, 0) is 30.0 Å². The summed E-state index contributed by atoms with van der Waals surface area (Å²) in [5.41, 5.74) is 0.883. The second kappa shape index (κ2) is 7.52. The van der Waals surface area contributed by atoms with Gasteiger partial charge in [0, 0.05) is 12.1 Å². The third-order valence-electron chi connectivity index (χ3n) is 3.63. The van der Waals surface area contributed by atoms with Crippen LogP contribution in [-0.4, -0.2) is 45.2 Å². The van der Waals surface area contributed by atoms with Crippen LogP contribution in [0.5, 0.6) is 0 Å². The van der Waals surface area contributed by atoms with Crippen LogP contribution >= 0.6 is 0 Å². The highest BCUT2D eigenvalue weighted by Crippen LogP contribution is 2.18. The van der Waals surface area contributed by atoms with E-state index < -0.39 is 22.6 Å². The summed E-state index contributed by atoms with van der Waals surface area (Å²) in [4.78, 5) is 12.0. The molecule has 1 aliphatic heterocycles. The quantitative estimate of drug-likeness (QED) is 0.836. The van der Waals surface area contributed by atoms with Gasteiger partial charge in [-0.15, -0.1) is 0 Å². The van der Waals surface area contributed by atoms with Gasteiger partial charge in [0.15, 0.2) is 9.84 Å². The van der Waals surface area contributed by atoms with Crippen molar-refractivity contribution in [3.8, 4) is 0 Å². The summed E-state index contributed by atoms with van der Waals surface area (Å²) in [5, 5.41) is 2.68. The normalized spacial score (nSPS) is 20.0. The van der Waals surface area contributed by atoms with Crippen LogP contribution in [0.3, 0.4) is 0 Å². The molecule has 134 valence electrons. The second-order valence-electron chi connectivity index (χ2n) is 5.78. The van der Waals surface area contributed by atoms with Gasteiger partial charge in [-0.2, -0.15) is 13.2 Å². The number of hydrogen-bond donors (Lipinski definition) is 1. The first-order valence-corrected chi connectivity index (χ1v) is 9.19. The monoisotopic (exact) mass is 365 g/mol. The first-order chi connectivity index (χ1) is 11.1. The van der Waals surface area contributed by atoms with E-state index in [4.69, 9.17) is 0 Å². The van der Waals surface area contributed by atoms with Crippen molar-refractivity contribution in [2.24, 2.45) is 5.92 Å². The Morgan fingerprint density at radius 1 is 1.25 bits per heavy atom. The molecule has 24 heavy (non-hydrogen) atoms. The molecule has 0 aliphatic carbocycles. The minimum absolute atomic E-state index is 0.0750. The molecular formula is C15H18F3NO4S. The zero-order chi connectivity index (χ0) is 17.8. The third kappa shape index (κ3) is 6.12. The molecule has 1 N–H and O–H groups in total. The fourth-order valence-electron chi connectivity index (χ4n) is 2.41. The Morgan fingerprint density at radius 3 is 2.46 bits per heavy atom. The minimum Gasteiger partial charge on any atom is -0.367 e. The summed E-state index contributed by atoms with van der Waals surface area (Å²) in [6.07, 6.45) is -3.83. The average molecular weight is 365 g/mol. The van der Waals surface area contributed by atoms with E-state index in [2.05, 4.69) is 10.1 Å². The lowest BCUT2D eigenvalue weighted by atomic mass is 10.1. The Kier molecular flexibility index (Phi) is 5.87. The molecule has 0 unspecified atom stereocenters. The molecule has 5 nitrogen and oxygen atoms in total. The molecule has 1 aromatic rings. The highest BCUT2D eigenvalue weighted by Gasteiger charge is 2.28. The molecule has 1 heterocycles. The molecule has 0 saturated carbocycles. The number of amides is 1. The summed E-state index contributed by atoms with van der Waals surface area (Å²) < 4.78 is 63.2. The molecule has 1 fully saturated rings. The van der Waals surface area contributed by atoms with E-state index in [1.165, 1.54) is 24.3 Å². The van der Waals surface area contributed by atoms with Crippen molar-refractivity contribution >= 4 is 15.7 Å². The van der Waals surface area contributed by atoms with Crippen molar-refractivity contribution in [3.63, 3.8) is 0 Å². The number of ether oxygens (including phenoxy) is 1. The number of nitrogens with one attached hydrogen (secondary N) is 1. The van der Waals surface area contributed by atoms with E-state index in [9.17, 15) is 26.4 Å². The van der Waals surface area contributed by atoms with Crippen molar-refractivity contribution in [2.45, 2.75) is 19.2 Å². The molecule has 1 atom stereocenters. The number of alkyl halides is 3. The van der Waals surface area contributed by atoms with Crippen molar-refractivity contribution in [2.75, 3.05) is 24.7 Å². The van der Waals surface area contributed by atoms with Gasteiger partial charge in [0.05, 0.1) is 18.1 Å². The Bertz CT molecular complexity index is 671. The largest absolute Gasteiger partial charge is 0.411 e. The summed E-state index contributed by atoms with van der Waals surface area (Å²) in [6, 6.07) is 6.02. The SMILES string of the molecule is O=C(NC[C@@H]1CCS(=O)(=O)C1)c1ccc(COCC(F)(F)F)cc1. The Morgan fingerprint density at radius 2 is 1.92 bits per heavy atom. The van der Waals surface area contributed by atoms with E-state index in [-0.39, 0.29) is 36.5 Å². The van der Waals surface area contributed by atoms with Gasteiger partial charge in [-0.3, -0.25) is 4.79 Å². The first-order valence-electron chi connectivity index (χ1n) is 7.37. The third-order valence-corrected chi connectivity index (χ3v) is 5.47. The molecule has 0 bridgehead atoms. The van der Waals surface area contributed by atoms with Gasteiger partial charge < -0.3 is 10.1 Å².